The van der Waals surface area contributed by atoms with Crippen molar-refractivity contribution in [2.75, 3.05) is 6.54 Å². The third kappa shape index (κ3) is 3.10. The quantitative estimate of drug-likeness (QED) is 0.864. The number of benzene rings is 1. The molecule has 1 aliphatic carbocycles. The SMILES string of the molecule is CCCN(Cc1ccc(C)cc1)C(=O)C1CC1N. The zero-order chi connectivity index (χ0) is 13.1. The summed E-state index contributed by atoms with van der Waals surface area (Å²) in [5, 5.41) is 0. The second kappa shape index (κ2) is 5.53. The van der Waals surface area contributed by atoms with Crippen molar-refractivity contribution in [3.05, 3.63) is 35.4 Å². The summed E-state index contributed by atoms with van der Waals surface area (Å²) in [5.74, 6) is 0.298. The molecule has 1 aromatic carbocycles. The van der Waals surface area contributed by atoms with Crippen molar-refractivity contribution in [2.24, 2.45) is 11.7 Å². The molecule has 2 rings (SSSR count). The molecule has 0 spiro atoms. The molecule has 3 nitrogen and oxygen atoms in total. The Bertz CT molecular complexity index is 413. The molecule has 1 amide bonds. The zero-order valence-electron chi connectivity index (χ0n) is 11.2. The summed E-state index contributed by atoms with van der Waals surface area (Å²) in [6, 6.07) is 8.46. The molecule has 0 saturated heterocycles. The number of hydrogen-bond acceptors (Lipinski definition) is 2. The van der Waals surface area contributed by atoms with Crippen LogP contribution < -0.4 is 5.73 Å². The smallest absolute Gasteiger partial charge is 0.227 e. The molecule has 1 aromatic rings. The Kier molecular flexibility index (Phi) is 4.02. The first kappa shape index (κ1) is 13.1. The maximum absolute atomic E-state index is 12.2. The van der Waals surface area contributed by atoms with E-state index >= 15 is 0 Å². The van der Waals surface area contributed by atoms with E-state index in [0.717, 1.165) is 19.4 Å². The van der Waals surface area contributed by atoms with Crippen LogP contribution in [0.15, 0.2) is 24.3 Å². The fraction of sp³-hybridized carbons (Fsp3) is 0.533. The first-order chi connectivity index (χ1) is 8.61. The van der Waals surface area contributed by atoms with Gasteiger partial charge >= 0.3 is 0 Å². The van der Waals surface area contributed by atoms with Crippen molar-refractivity contribution in [1.29, 1.82) is 0 Å². The zero-order valence-corrected chi connectivity index (χ0v) is 11.2. The van der Waals surface area contributed by atoms with Gasteiger partial charge in [0.25, 0.3) is 0 Å². The number of carbonyl (C=O) groups excluding carboxylic acids is 1. The summed E-state index contributed by atoms with van der Waals surface area (Å²) in [7, 11) is 0. The third-order valence-corrected chi connectivity index (χ3v) is 3.46. The minimum atomic E-state index is 0.0713. The van der Waals surface area contributed by atoms with Crippen LogP contribution in [0.4, 0.5) is 0 Å². The average Bonchev–Trinajstić information content (AvgIpc) is 3.08. The van der Waals surface area contributed by atoms with Crippen LogP contribution in [-0.4, -0.2) is 23.4 Å². The molecule has 0 aliphatic heterocycles. The Labute approximate surface area is 109 Å². The van der Waals surface area contributed by atoms with Crippen LogP contribution in [0.3, 0.4) is 0 Å². The molecule has 1 aliphatic rings. The second-order valence-electron chi connectivity index (χ2n) is 5.25. The molecule has 0 bridgehead atoms. The standard InChI is InChI=1S/C15H22N2O/c1-3-8-17(15(18)13-9-14(13)16)10-12-6-4-11(2)5-7-12/h4-7,13-14H,3,8-10,16H2,1-2H3. The normalized spacial score (nSPS) is 21.7. The molecule has 0 radical (unpaired) electrons. The van der Waals surface area contributed by atoms with Crippen molar-refractivity contribution in [3.8, 4) is 0 Å². The van der Waals surface area contributed by atoms with Crippen molar-refractivity contribution in [3.63, 3.8) is 0 Å². The Morgan fingerprint density at radius 2 is 2.00 bits per heavy atom. The van der Waals surface area contributed by atoms with Gasteiger partial charge in [-0.15, -0.1) is 0 Å². The highest BCUT2D eigenvalue weighted by Gasteiger charge is 2.42. The first-order valence-electron chi connectivity index (χ1n) is 6.71. The Hall–Kier alpha value is -1.35. The minimum Gasteiger partial charge on any atom is -0.338 e. The van der Waals surface area contributed by atoms with E-state index in [1.165, 1.54) is 11.1 Å². The van der Waals surface area contributed by atoms with Crippen LogP contribution >= 0.6 is 0 Å². The van der Waals surface area contributed by atoms with E-state index < -0.39 is 0 Å². The summed E-state index contributed by atoms with van der Waals surface area (Å²) >= 11 is 0. The van der Waals surface area contributed by atoms with Gasteiger partial charge in [-0.05, 0) is 25.3 Å². The van der Waals surface area contributed by atoms with E-state index in [-0.39, 0.29) is 17.9 Å². The monoisotopic (exact) mass is 246 g/mol. The molecule has 18 heavy (non-hydrogen) atoms. The molecule has 1 fully saturated rings. The Morgan fingerprint density at radius 1 is 1.39 bits per heavy atom. The van der Waals surface area contributed by atoms with E-state index in [1.54, 1.807) is 0 Å². The molecular weight excluding hydrogens is 224 g/mol. The van der Waals surface area contributed by atoms with Gasteiger partial charge in [-0.2, -0.15) is 0 Å². The lowest BCUT2D eigenvalue weighted by Gasteiger charge is -2.22. The Morgan fingerprint density at radius 3 is 2.50 bits per heavy atom. The fourth-order valence-electron chi connectivity index (χ4n) is 2.18. The number of amides is 1. The average molecular weight is 246 g/mol. The summed E-state index contributed by atoms with van der Waals surface area (Å²) in [6.45, 7) is 5.69. The van der Waals surface area contributed by atoms with Crippen LogP contribution in [0.1, 0.15) is 30.9 Å². The largest absolute Gasteiger partial charge is 0.338 e. The number of aryl methyl sites for hydroxylation is 1. The summed E-state index contributed by atoms with van der Waals surface area (Å²) < 4.78 is 0. The van der Waals surface area contributed by atoms with Crippen molar-refractivity contribution in [1.82, 2.24) is 4.90 Å². The maximum Gasteiger partial charge on any atom is 0.227 e. The lowest BCUT2D eigenvalue weighted by atomic mass is 10.1. The predicted octanol–water partition coefficient (Wildman–Crippen LogP) is 2.08. The molecule has 2 N–H and O–H groups in total. The molecule has 1 saturated carbocycles. The molecule has 0 aromatic heterocycles. The van der Waals surface area contributed by atoms with Gasteiger partial charge in [-0.25, -0.2) is 0 Å². The van der Waals surface area contributed by atoms with Gasteiger partial charge in [0, 0.05) is 19.1 Å². The number of nitrogens with two attached hydrogens (primary N) is 1. The predicted molar refractivity (Wildman–Crippen MR) is 73.0 cm³/mol. The topological polar surface area (TPSA) is 46.3 Å². The van der Waals surface area contributed by atoms with Crippen LogP contribution in [0.5, 0.6) is 0 Å². The molecular formula is C15H22N2O. The van der Waals surface area contributed by atoms with Gasteiger partial charge in [0.15, 0.2) is 0 Å². The highest BCUT2D eigenvalue weighted by atomic mass is 16.2. The molecule has 2 atom stereocenters. The van der Waals surface area contributed by atoms with E-state index in [4.69, 9.17) is 5.73 Å². The maximum atomic E-state index is 12.2. The number of nitrogens with zero attached hydrogens (tertiary/aromatic N) is 1. The van der Waals surface area contributed by atoms with Crippen molar-refractivity contribution < 1.29 is 4.79 Å². The van der Waals surface area contributed by atoms with E-state index in [1.807, 2.05) is 4.90 Å². The highest BCUT2D eigenvalue weighted by molar-refractivity contribution is 5.82. The molecule has 2 unspecified atom stereocenters. The highest BCUT2D eigenvalue weighted by Crippen LogP contribution is 2.30. The summed E-state index contributed by atoms with van der Waals surface area (Å²) in [6.07, 6.45) is 1.84. The Balaban J connectivity index is 2.01. The molecule has 0 heterocycles. The van der Waals surface area contributed by atoms with Gasteiger partial charge in [0.05, 0.1) is 5.92 Å². The van der Waals surface area contributed by atoms with Crippen LogP contribution in [0.2, 0.25) is 0 Å². The lowest BCUT2D eigenvalue weighted by Crippen LogP contribution is -2.34. The van der Waals surface area contributed by atoms with Gasteiger partial charge < -0.3 is 10.6 Å². The van der Waals surface area contributed by atoms with Gasteiger partial charge in [0.2, 0.25) is 5.91 Å². The van der Waals surface area contributed by atoms with Crippen molar-refractivity contribution in [2.45, 2.75) is 39.3 Å². The minimum absolute atomic E-state index is 0.0713. The molecule has 98 valence electrons. The van der Waals surface area contributed by atoms with Gasteiger partial charge in [0.1, 0.15) is 0 Å². The summed E-state index contributed by atoms with van der Waals surface area (Å²) in [5.41, 5.74) is 8.21. The van der Waals surface area contributed by atoms with E-state index in [9.17, 15) is 4.79 Å². The summed E-state index contributed by atoms with van der Waals surface area (Å²) in [4.78, 5) is 14.2. The van der Waals surface area contributed by atoms with Gasteiger partial charge in [-0.3, -0.25) is 4.79 Å². The first-order valence-corrected chi connectivity index (χ1v) is 6.71. The second-order valence-corrected chi connectivity index (χ2v) is 5.25. The van der Waals surface area contributed by atoms with Crippen LogP contribution in [-0.2, 0) is 11.3 Å². The van der Waals surface area contributed by atoms with Crippen LogP contribution in [0.25, 0.3) is 0 Å². The van der Waals surface area contributed by atoms with Gasteiger partial charge in [-0.1, -0.05) is 36.8 Å². The fourth-order valence-corrected chi connectivity index (χ4v) is 2.18. The van der Waals surface area contributed by atoms with Crippen LogP contribution in [0, 0.1) is 12.8 Å². The molecule has 3 heteroatoms. The number of hydrogen-bond donors (Lipinski definition) is 1. The number of carbonyl (C=O) groups is 1. The lowest BCUT2D eigenvalue weighted by molar-refractivity contribution is -0.133. The number of rotatable bonds is 5. The van der Waals surface area contributed by atoms with E-state index in [0.29, 0.717) is 6.54 Å². The third-order valence-electron chi connectivity index (χ3n) is 3.46. The van der Waals surface area contributed by atoms with Crippen molar-refractivity contribution >= 4 is 5.91 Å². The van der Waals surface area contributed by atoms with E-state index in [2.05, 4.69) is 38.1 Å².